The summed E-state index contributed by atoms with van der Waals surface area (Å²) in [4.78, 5) is 2.33. The molecule has 1 saturated heterocycles. The van der Waals surface area contributed by atoms with Gasteiger partial charge < -0.3 is 5.32 Å². The third-order valence-electron chi connectivity index (χ3n) is 3.73. The maximum Gasteiger partial charge on any atom is 0.218 e. The summed E-state index contributed by atoms with van der Waals surface area (Å²) >= 11 is 0. The molecule has 0 radical (unpaired) electrons. The lowest BCUT2D eigenvalue weighted by molar-refractivity contribution is 0.153. The highest BCUT2D eigenvalue weighted by molar-refractivity contribution is 7.89. The Morgan fingerprint density at radius 3 is 2.16 bits per heavy atom. The van der Waals surface area contributed by atoms with Gasteiger partial charge in [-0.15, -0.1) is 0 Å². The summed E-state index contributed by atoms with van der Waals surface area (Å²) < 4.78 is 26.5. The normalized spacial score (nSPS) is 20.9. The number of nitrogens with one attached hydrogen (secondary N) is 1. The molecule has 0 aromatic rings. The molecule has 6 heteroatoms. The molecule has 1 fully saturated rings. The first-order valence-corrected chi connectivity index (χ1v) is 8.83. The van der Waals surface area contributed by atoms with Crippen LogP contribution in [-0.2, 0) is 10.0 Å². The summed E-state index contributed by atoms with van der Waals surface area (Å²) in [5.41, 5.74) is 0. The largest absolute Gasteiger partial charge is 0.315 e. The van der Waals surface area contributed by atoms with Crippen LogP contribution in [0.2, 0.25) is 0 Å². The van der Waals surface area contributed by atoms with E-state index in [9.17, 15) is 8.42 Å². The van der Waals surface area contributed by atoms with Crippen LogP contribution >= 0.6 is 0 Å². The molecule has 0 spiro atoms. The van der Waals surface area contributed by atoms with Gasteiger partial charge in [0.2, 0.25) is 10.0 Å². The Hall–Kier alpha value is -0.170. The molecule has 1 atom stereocenters. The maximum absolute atomic E-state index is 12.4. The molecule has 19 heavy (non-hydrogen) atoms. The molecule has 0 aliphatic carbocycles. The molecule has 1 heterocycles. The second-order valence-electron chi connectivity index (χ2n) is 5.59. The van der Waals surface area contributed by atoms with Crippen molar-refractivity contribution in [2.24, 2.45) is 0 Å². The topological polar surface area (TPSA) is 52.7 Å². The van der Waals surface area contributed by atoms with E-state index >= 15 is 0 Å². The van der Waals surface area contributed by atoms with Gasteiger partial charge in [0.05, 0.1) is 5.25 Å². The summed E-state index contributed by atoms with van der Waals surface area (Å²) in [6.07, 6.45) is 1.03. The predicted molar refractivity (Wildman–Crippen MR) is 79.8 cm³/mol. The van der Waals surface area contributed by atoms with Crippen molar-refractivity contribution in [3.63, 3.8) is 0 Å². The van der Waals surface area contributed by atoms with Crippen molar-refractivity contribution in [1.29, 1.82) is 0 Å². The van der Waals surface area contributed by atoms with Crippen molar-refractivity contribution in [2.45, 2.75) is 45.4 Å². The van der Waals surface area contributed by atoms with Crippen LogP contribution < -0.4 is 5.32 Å². The molecule has 0 saturated carbocycles. The van der Waals surface area contributed by atoms with Crippen LogP contribution in [-0.4, -0.2) is 68.2 Å². The standard InChI is InChI=1S/C13H29N3O2S/c1-5-6-14-11-13(4)19(17,18)16-9-7-15(8-10-16)12(2)3/h12-14H,5-11H2,1-4H3. The maximum atomic E-state index is 12.4. The molecule has 0 aromatic carbocycles. The number of piperazine rings is 1. The lowest BCUT2D eigenvalue weighted by atomic mass is 10.3. The summed E-state index contributed by atoms with van der Waals surface area (Å²) in [7, 11) is -3.15. The molecule has 0 amide bonds. The highest BCUT2D eigenvalue weighted by Crippen LogP contribution is 2.13. The van der Waals surface area contributed by atoms with Crippen molar-refractivity contribution < 1.29 is 8.42 Å². The van der Waals surface area contributed by atoms with Gasteiger partial charge in [0, 0.05) is 38.8 Å². The summed E-state index contributed by atoms with van der Waals surface area (Å²) in [6.45, 7) is 12.5. The van der Waals surface area contributed by atoms with Crippen LogP contribution in [0.3, 0.4) is 0 Å². The van der Waals surface area contributed by atoms with Gasteiger partial charge in [-0.2, -0.15) is 4.31 Å². The Bertz CT molecular complexity index is 349. The van der Waals surface area contributed by atoms with E-state index in [-0.39, 0.29) is 5.25 Å². The minimum absolute atomic E-state index is 0.343. The number of nitrogens with zero attached hydrogens (tertiary/aromatic N) is 2. The third-order valence-corrected chi connectivity index (χ3v) is 6.00. The number of hydrogen-bond donors (Lipinski definition) is 1. The Morgan fingerprint density at radius 1 is 1.11 bits per heavy atom. The quantitative estimate of drug-likeness (QED) is 0.703. The fourth-order valence-electron chi connectivity index (χ4n) is 2.32. The summed E-state index contributed by atoms with van der Waals surface area (Å²) in [6, 6.07) is 0.494. The van der Waals surface area contributed by atoms with Crippen LogP contribution in [0.15, 0.2) is 0 Å². The van der Waals surface area contributed by atoms with Crippen LogP contribution in [0.25, 0.3) is 0 Å². The zero-order valence-electron chi connectivity index (χ0n) is 12.7. The van der Waals surface area contributed by atoms with Gasteiger partial charge in [0.15, 0.2) is 0 Å². The fraction of sp³-hybridized carbons (Fsp3) is 1.00. The first-order valence-electron chi connectivity index (χ1n) is 7.33. The van der Waals surface area contributed by atoms with Crippen LogP contribution in [0.1, 0.15) is 34.1 Å². The summed E-state index contributed by atoms with van der Waals surface area (Å²) in [5.74, 6) is 0. The van der Waals surface area contributed by atoms with Crippen molar-refractivity contribution in [2.75, 3.05) is 39.3 Å². The number of rotatable bonds is 7. The van der Waals surface area contributed by atoms with Crippen molar-refractivity contribution in [1.82, 2.24) is 14.5 Å². The average Bonchev–Trinajstić information content (AvgIpc) is 2.39. The number of sulfonamides is 1. The Labute approximate surface area is 118 Å². The van der Waals surface area contributed by atoms with Gasteiger partial charge in [-0.3, -0.25) is 4.90 Å². The monoisotopic (exact) mass is 291 g/mol. The zero-order valence-corrected chi connectivity index (χ0v) is 13.5. The molecular formula is C13H29N3O2S. The lowest BCUT2D eigenvalue weighted by Gasteiger charge is -2.37. The minimum Gasteiger partial charge on any atom is -0.315 e. The van der Waals surface area contributed by atoms with Gasteiger partial charge in [0.25, 0.3) is 0 Å². The van der Waals surface area contributed by atoms with E-state index in [0.29, 0.717) is 25.7 Å². The molecule has 5 nitrogen and oxygen atoms in total. The molecule has 0 aromatic heterocycles. The van der Waals surface area contributed by atoms with E-state index in [4.69, 9.17) is 0 Å². The van der Waals surface area contributed by atoms with E-state index in [1.54, 1.807) is 11.2 Å². The average molecular weight is 291 g/mol. The van der Waals surface area contributed by atoms with Crippen LogP contribution in [0.5, 0.6) is 0 Å². The minimum atomic E-state index is -3.15. The van der Waals surface area contributed by atoms with Gasteiger partial charge in [-0.1, -0.05) is 6.92 Å². The molecule has 0 bridgehead atoms. The zero-order chi connectivity index (χ0) is 14.5. The smallest absolute Gasteiger partial charge is 0.218 e. The predicted octanol–water partition coefficient (Wildman–Crippen LogP) is 0.730. The highest BCUT2D eigenvalue weighted by atomic mass is 32.2. The first-order chi connectivity index (χ1) is 8.89. The van der Waals surface area contributed by atoms with E-state index in [1.807, 2.05) is 0 Å². The van der Waals surface area contributed by atoms with Crippen molar-refractivity contribution >= 4 is 10.0 Å². The SMILES string of the molecule is CCCNCC(C)S(=O)(=O)N1CCN(C(C)C)CC1. The van der Waals surface area contributed by atoms with Crippen molar-refractivity contribution in [3.8, 4) is 0 Å². The Balaban J connectivity index is 2.50. The van der Waals surface area contributed by atoms with Gasteiger partial charge in [-0.25, -0.2) is 8.42 Å². The molecule has 1 aliphatic rings. The van der Waals surface area contributed by atoms with E-state index in [1.165, 1.54) is 0 Å². The molecule has 1 unspecified atom stereocenters. The molecule has 1 rings (SSSR count). The summed E-state index contributed by atoms with van der Waals surface area (Å²) in [5, 5.41) is 2.85. The van der Waals surface area contributed by atoms with Gasteiger partial charge in [0.1, 0.15) is 0 Å². The molecule has 114 valence electrons. The van der Waals surface area contributed by atoms with E-state index < -0.39 is 10.0 Å². The molecule has 1 aliphatic heterocycles. The van der Waals surface area contributed by atoms with Gasteiger partial charge in [-0.05, 0) is 33.7 Å². The molecule has 1 N–H and O–H groups in total. The lowest BCUT2D eigenvalue weighted by Crippen LogP contribution is -2.53. The Kier molecular flexibility index (Phi) is 6.73. The first kappa shape index (κ1) is 16.9. The second-order valence-corrected chi connectivity index (χ2v) is 7.94. The van der Waals surface area contributed by atoms with Crippen molar-refractivity contribution in [3.05, 3.63) is 0 Å². The van der Waals surface area contributed by atoms with Gasteiger partial charge >= 0.3 is 0 Å². The highest BCUT2D eigenvalue weighted by Gasteiger charge is 2.31. The Morgan fingerprint density at radius 2 is 1.68 bits per heavy atom. The number of hydrogen-bond acceptors (Lipinski definition) is 4. The van der Waals surface area contributed by atoms with E-state index in [2.05, 4.69) is 31.0 Å². The fourth-order valence-corrected chi connectivity index (χ4v) is 3.83. The van der Waals surface area contributed by atoms with Crippen LogP contribution in [0, 0.1) is 0 Å². The van der Waals surface area contributed by atoms with Crippen LogP contribution in [0.4, 0.5) is 0 Å². The second kappa shape index (κ2) is 7.57. The third kappa shape index (κ3) is 4.70. The molecular weight excluding hydrogens is 262 g/mol. The van der Waals surface area contributed by atoms with E-state index in [0.717, 1.165) is 26.1 Å².